The average Bonchev–Trinajstić information content (AvgIpc) is 2.73. The first-order chi connectivity index (χ1) is 8.31. The number of para-hydroxylation sites is 2. The van der Waals surface area contributed by atoms with Gasteiger partial charge in [-0.05, 0) is 25.5 Å². The minimum Gasteiger partial charge on any atom is -0.466 e. The van der Waals surface area contributed by atoms with Gasteiger partial charge in [-0.25, -0.2) is 4.98 Å². The number of rotatable bonds is 5. The van der Waals surface area contributed by atoms with Crippen LogP contribution in [0.2, 0.25) is 0 Å². The molecular weight excluding hydrogens is 216 g/mol. The van der Waals surface area contributed by atoms with Crippen LogP contribution in [0.5, 0.6) is 0 Å². The molecule has 1 heterocycles. The topological polar surface area (TPSA) is 44.1 Å². The quantitative estimate of drug-likeness (QED) is 0.743. The maximum absolute atomic E-state index is 11.2. The lowest BCUT2D eigenvalue weighted by Crippen LogP contribution is -2.05. The number of nitrogens with zero attached hydrogens (tertiary/aromatic N) is 2. The van der Waals surface area contributed by atoms with E-state index < -0.39 is 0 Å². The Morgan fingerprint density at radius 2 is 2.24 bits per heavy atom. The third-order valence-corrected chi connectivity index (χ3v) is 2.61. The van der Waals surface area contributed by atoms with E-state index in [0.717, 1.165) is 24.0 Å². The van der Waals surface area contributed by atoms with Gasteiger partial charge in [-0.15, -0.1) is 0 Å². The second-order valence-corrected chi connectivity index (χ2v) is 3.84. The van der Waals surface area contributed by atoms with Crippen molar-refractivity contribution in [2.75, 3.05) is 6.61 Å². The van der Waals surface area contributed by atoms with Gasteiger partial charge in [-0.2, -0.15) is 0 Å². The van der Waals surface area contributed by atoms with Gasteiger partial charge in [0.15, 0.2) is 0 Å². The fourth-order valence-corrected chi connectivity index (χ4v) is 1.82. The molecule has 0 saturated carbocycles. The number of ether oxygens (including phenoxy) is 1. The number of aryl methyl sites for hydroxylation is 1. The zero-order chi connectivity index (χ0) is 12.1. The van der Waals surface area contributed by atoms with E-state index in [1.165, 1.54) is 0 Å². The van der Waals surface area contributed by atoms with Crippen molar-refractivity contribution < 1.29 is 9.53 Å². The number of hydrogen-bond acceptors (Lipinski definition) is 3. The maximum Gasteiger partial charge on any atom is 0.305 e. The van der Waals surface area contributed by atoms with Crippen LogP contribution in [0.25, 0.3) is 11.0 Å². The van der Waals surface area contributed by atoms with Crippen LogP contribution in [-0.2, 0) is 16.1 Å². The first-order valence-electron chi connectivity index (χ1n) is 5.86. The van der Waals surface area contributed by atoms with Gasteiger partial charge >= 0.3 is 5.97 Å². The van der Waals surface area contributed by atoms with Gasteiger partial charge in [-0.1, -0.05) is 12.1 Å². The van der Waals surface area contributed by atoms with E-state index in [0.29, 0.717) is 13.0 Å². The highest BCUT2D eigenvalue weighted by atomic mass is 16.5. The molecule has 0 amide bonds. The van der Waals surface area contributed by atoms with Crippen molar-refractivity contribution in [3.63, 3.8) is 0 Å². The number of carbonyl (C=O) groups is 1. The average molecular weight is 232 g/mol. The van der Waals surface area contributed by atoms with Crippen molar-refractivity contribution in [2.45, 2.75) is 26.3 Å². The van der Waals surface area contributed by atoms with Gasteiger partial charge in [0, 0.05) is 13.0 Å². The zero-order valence-corrected chi connectivity index (χ0v) is 9.93. The van der Waals surface area contributed by atoms with Crippen LogP contribution < -0.4 is 0 Å². The summed E-state index contributed by atoms with van der Waals surface area (Å²) in [5.74, 6) is -0.128. The summed E-state index contributed by atoms with van der Waals surface area (Å²) in [5, 5.41) is 0. The third-order valence-electron chi connectivity index (χ3n) is 2.61. The van der Waals surface area contributed by atoms with Crippen molar-refractivity contribution in [1.82, 2.24) is 9.55 Å². The molecule has 1 aromatic carbocycles. The molecule has 1 aromatic heterocycles. The van der Waals surface area contributed by atoms with Crippen molar-refractivity contribution >= 4 is 17.0 Å². The van der Waals surface area contributed by atoms with Gasteiger partial charge in [-0.3, -0.25) is 4.79 Å². The molecule has 0 aliphatic carbocycles. The normalized spacial score (nSPS) is 10.6. The number of imidazole rings is 1. The zero-order valence-electron chi connectivity index (χ0n) is 9.93. The van der Waals surface area contributed by atoms with Crippen LogP contribution >= 0.6 is 0 Å². The Morgan fingerprint density at radius 1 is 1.41 bits per heavy atom. The molecule has 0 N–H and O–H groups in total. The van der Waals surface area contributed by atoms with Gasteiger partial charge in [0.1, 0.15) is 0 Å². The van der Waals surface area contributed by atoms with Crippen LogP contribution in [0.4, 0.5) is 0 Å². The number of hydrogen-bond donors (Lipinski definition) is 0. The van der Waals surface area contributed by atoms with Gasteiger partial charge in [0.25, 0.3) is 0 Å². The van der Waals surface area contributed by atoms with Gasteiger partial charge in [0.05, 0.1) is 24.0 Å². The Balaban J connectivity index is 1.93. The summed E-state index contributed by atoms with van der Waals surface area (Å²) in [6.45, 7) is 3.06. The predicted octanol–water partition coefficient (Wildman–Crippen LogP) is 2.38. The Labute approximate surface area is 100 Å². The molecule has 0 saturated heterocycles. The highest BCUT2D eigenvalue weighted by Gasteiger charge is 2.04. The fourth-order valence-electron chi connectivity index (χ4n) is 1.82. The molecule has 0 fully saturated rings. The molecule has 2 rings (SSSR count). The number of aromatic nitrogens is 2. The Kier molecular flexibility index (Phi) is 3.75. The molecular formula is C13H16N2O2. The Hall–Kier alpha value is -1.84. The maximum atomic E-state index is 11.2. The number of esters is 1. The molecule has 4 heteroatoms. The van der Waals surface area contributed by atoms with Crippen molar-refractivity contribution in [2.24, 2.45) is 0 Å². The number of fused-ring (bicyclic) bond motifs is 1. The molecule has 0 unspecified atom stereocenters. The summed E-state index contributed by atoms with van der Waals surface area (Å²) in [6, 6.07) is 7.98. The summed E-state index contributed by atoms with van der Waals surface area (Å²) in [5.41, 5.74) is 2.10. The molecule has 0 atom stereocenters. The smallest absolute Gasteiger partial charge is 0.305 e. The highest BCUT2D eigenvalue weighted by molar-refractivity contribution is 5.75. The summed E-state index contributed by atoms with van der Waals surface area (Å²) in [4.78, 5) is 15.5. The third kappa shape index (κ3) is 2.84. The lowest BCUT2D eigenvalue weighted by molar-refractivity contribution is -0.143. The second kappa shape index (κ2) is 5.48. The van der Waals surface area contributed by atoms with E-state index in [9.17, 15) is 4.79 Å². The molecule has 0 bridgehead atoms. The molecule has 0 radical (unpaired) electrons. The summed E-state index contributed by atoms with van der Waals surface area (Å²) >= 11 is 0. The lowest BCUT2D eigenvalue weighted by Gasteiger charge is -2.04. The van der Waals surface area contributed by atoms with E-state index in [1.54, 1.807) is 0 Å². The minimum absolute atomic E-state index is 0.128. The standard InChI is InChI=1S/C13H16N2O2/c1-2-17-13(16)8-5-9-15-10-14-11-6-3-4-7-12(11)15/h3-4,6-7,10H,2,5,8-9H2,1H3. The fraction of sp³-hybridized carbons (Fsp3) is 0.385. The summed E-state index contributed by atoms with van der Waals surface area (Å²) in [7, 11) is 0. The van der Waals surface area contributed by atoms with Crippen LogP contribution in [0, 0.1) is 0 Å². The summed E-state index contributed by atoms with van der Waals surface area (Å²) < 4.78 is 6.95. The largest absolute Gasteiger partial charge is 0.466 e. The number of carbonyl (C=O) groups excluding carboxylic acids is 1. The van der Waals surface area contributed by atoms with Crippen LogP contribution in [0.15, 0.2) is 30.6 Å². The molecule has 0 aliphatic rings. The molecule has 0 spiro atoms. The predicted molar refractivity (Wildman–Crippen MR) is 65.6 cm³/mol. The molecule has 4 nitrogen and oxygen atoms in total. The van der Waals surface area contributed by atoms with Crippen molar-refractivity contribution in [3.8, 4) is 0 Å². The first kappa shape index (κ1) is 11.6. The number of benzene rings is 1. The van der Waals surface area contributed by atoms with Crippen LogP contribution in [-0.4, -0.2) is 22.1 Å². The Morgan fingerprint density at radius 3 is 3.06 bits per heavy atom. The Bertz CT molecular complexity index is 505. The molecule has 90 valence electrons. The van der Waals surface area contributed by atoms with E-state index in [-0.39, 0.29) is 5.97 Å². The molecule has 2 aromatic rings. The molecule has 0 aliphatic heterocycles. The van der Waals surface area contributed by atoms with Crippen molar-refractivity contribution in [1.29, 1.82) is 0 Å². The van der Waals surface area contributed by atoms with E-state index >= 15 is 0 Å². The van der Waals surface area contributed by atoms with Crippen LogP contribution in [0.3, 0.4) is 0 Å². The van der Waals surface area contributed by atoms with Crippen molar-refractivity contribution in [3.05, 3.63) is 30.6 Å². The SMILES string of the molecule is CCOC(=O)CCCn1cnc2ccccc21. The van der Waals surface area contributed by atoms with Crippen LogP contribution in [0.1, 0.15) is 19.8 Å². The second-order valence-electron chi connectivity index (χ2n) is 3.84. The van der Waals surface area contributed by atoms with E-state index in [4.69, 9.17) is 4.74 Å². The highest BCUT2D eigenvalue weighted by Crippen LogP contribution is 2.12. The van der Waals surface area contributed by atoms with Gasteiger partial charge in [0.2, 0.25) is 0 Å². The minimum atomic E-state index is -0.128. The molecule has 17 heavy (non-hydrogen) atoms. The van der Waals surface area contributed by atoms with E-state index in [2.05, 4.69) is 9.55 Å². The van der Waals surface area contributed by atoms with Gasteiger partial charge < -0.3 is 9.30 Å². The summed E-state index contributed by atoms with van der Waals surface area (Å²) in [6.07, 6.45) is 3.05. The lowest BCUT2D eigenvalue weighted by atomic mass is 10.3. The first-order valence-corrected chi connectivity index (χ1v) is 5.86. The monoisotopic (exact) mass is 232 g/mol. The van der Waals surface area contributed by atoms with E-state index in [1.807, 2.05) is 37.5 Å².